The van der Waals surface area contributed by atoms with E-state index in [9.17, 15) is 8.42 Å². The van der Waals surface area contributed by atoms with Crippen molar-refractivity contribution in [3.63, 3.8) is 0 Å². The van der Waals surface area contributed by atoms with Gasteiger partial charge in [-0.25, -0.2) is 8.42 Å². The van der Waals surface area contributed by atoms with Crippen molar-refractivity contribution in [1.82, 2.24) is 0 Å². The van der Waals surface area contributed by atoms with Crippen molar-refractivity contribution in [1.29, 1.82) is 0 Å². The van der Waals surface area contributed by atoms with E-state index in [0.29, 0.717) is 15.9 Å². The van der Waals surface area contributed by atoms with Gasteiger partial charge in [0, 0.05) is 10.2 Å². The molecule has 0 unspecified atom stereocenters. The minimum Gasteiger partial charge on any atom is -0.495 e. The van der Waals surface area contributed by atoms with Crippen molar-refractivity contribution in [3.05, 3.63) is 52.5 Å². The maximum atomic E-state index is 12.4. The molecule has 0 heterocycles. The second kappa shape index (κ2) is 5.85. The summed E-state index contributed by atoms with van der Waals surface area (Å²) in [5, 5.41) is 0. The molecule has 0 radical (unpaired) electrons. The van der Waals surface area contributed by atoms with Crippen molar-refractivity contribution in [2.24, 2.45) is 0 Å². The first kappa shape index (κ1) is 14.9. The summed E-state index contributed by atoms with van der Waals surface area (Å²) in [4.78, 5) is 0.0934. The van der Waals surface area contributed by atoms with E-state index >= 15 is 0 Å². The Labute approximate surface area is 127 Å². The monoisotopic (exact) mass is 355 g/mol. The average molecular weight is 356 g/mol. The number of nitrogens with one attached hydrogen (secondary N) is 1. The van der Waals surface area contributed by atoms with Crippen LogP contribution in [0.1, 0.15) is 5.56 Å². The van der Waals surface area contributed by atoms with Gasteiger partial charge >= 0.3 is 0 Å². The molecule has 1 N–H and O–H groups in total. The van der Waals surface area contributed by atoms with Crippen molar-refractivity contribution in [3.8, 4) is 5.75 Å². The van der Waals surface area contributed by atoms with E-state index in [1.54, 1.807) is 30.3 Å². The average Bonchev–Trinajstić information content (AvgIpc) is 2.38. The first-order chi connectivity index (χ1) is 9.42. The lowest BCUT2D eigenvalue weighted by molar-refractivity contribution is 0.403. The summed E-state index contributed by atoms with van der Waals surface area (Å²) in [7, 11) is -2.26. The van der Waals surface area contributed by atoms with Crippen LogP contribution in [0.5, 0.6) is 5.75 Å². The number of hydrogen-bond donors (Lipinski definition) is 1. The Balaban J connectivity index is 2.43. The Hall–Kier alpha value is -1.53. The molecule has 0 spiro atoms. The molecule has 106 valence electrons. The Bertz CT molecular complexity index is 729. The highest BCUT2D eigenvalue weighted by Gasteiger charge is 2.20. The zero-order chi connectivity index (χ0) is 14.8. The molecule has 0 fully saturated rings. The van der Waals surface area contributed by atoms with E-state index < -0.39 is 10.0 Å². The summed E-state index contributed by atoms with van der Waals surface area (Å²) in [6.07, 6.45) is 0. The summed E-state index contributed by atoms with van der Waals surface area (Å²) in [6.45, 7) is 1.90. The van der Waals surface area contributed by atoms with E-state index in [1.165, 1.54) is 13.2 Å². The molecule has 0 aliphatic carbocycles. The molecular formula is C14H14BrNO3S. The molecule has 0 saturated heterocycles. The number of rotatable bonds is 4. The maximum Gasteiger partial charge on any atom is 0.265 e. The number of methoxy groups -OCH3 is 1. The zero-order valence-electron chi connectivity index (χ0n) is 11.1. The molecule has 2 aromatic rings. The molecule has 0 aromatic heterocycles. The van der Waals surface area contributed by atoms with Gasteiger partial charge in [0.1, 0.15) is 10.6 Å². The van der Waals surface area contributed by atoms with Crippen LogP contribution in [0.25, 0.3) is 0 Å². The quantitative estimate of drug-likeness (QED) is 0.911. The van der Waals surface area contributed by atoms with Gasteiger partial charge in [-0.15, -0.1) is 0 Å². The van der Waals surface area contributed by atoms with E-state index in [0.717, 1.165) is 5.56 Å². The predicted molar refractivity (Wildman–Crippen MR) is 82.7 cm³/mol. The molecule has 0 saturated carbocycles. The Morgan fingerprint density at radius 2 is 1.90 bits per heavy atom. The third-order valence-electron chi connectivity index (χ3n) is 2.69. The van der Waals surface area contributed by atoms with Crippen molar-refractivity contribution >= 4 is 31.6 Å². The van der Waals surface area contributed by atoms with Crippen molar-refractivity contribution in [2.45, 2.75) is 11.8 Å². The number of ether oxygens (including phenoxy) is 1. The Morgan fingerprint density at radius 1 is 1.15 bits per heavy atom. The zero-order valence-corrected chi connectivity index (χ0v) is 13.5. The topological polar surface area (TPSA) is 55.4 Å². The molecule has 2 aromatic carbocycles. The Morgan fingerprint density at radius 3 is 2.55 bits per heavy atom. The van der Waals surface area contributed by atoms with E-state index in [1.807, 2.05) is 13.0 Å². The van der Waals surface area contributed by atoms with Gasteiger partial charge in [-0.1, -0.05) is 28.1 Å². The predicted octanol–water partition coefficient (Wildman–Crippen LogP) is 3.57. The molecule has 6 heteroatoms. The highest BCUT2D eigenvalue weighted by Crippen LogP contribution is 2.28. The largest absolute Gasteiger partial charge is 0.495 e. The van der Waals surface area contributed by atoms with Crippen LogP contribution < -0.4 is 9.46 Å². The Kier molecular flexibility index (Phi) is 4.35. The number of halogens is 1. The second-order valence-electron chi connectivity index (χ2n) is 4.27. The lowest BCUT2D eigenvalue weighted by Crippen LogP contribution is -2.14. The third-order valence-corrected chi connectivity index (χ3v) is 4.58. The number of benzene rings is 2. The molecule has 0 bridgehead atoms. The molecule has 0 atom stereocenters. The third kappa shape index (κ3) is 3.32. The molecule has 0 aliphatic rings. The smallest absolute Gasteiger partial charge is 0.265 e. The van der Waals surface area contributed by atoms with E-state index in [2.05, 4.69) is 20.7 Å². The van der Waals surface area contributed by atoms with Gasteiger partial charge in [0.2, 0.25) is 0 Å². The molecule has 2 rings (SSSR count). The summed E-state index contributed by atoms with van der Waals surface area (Å²) in [5.41, 5.74) is 1.50. The second-order valence-corrected chi connectivity index (χ2v) is 6.84. The fourth-order valence-corrected chi connectivity index (χ4v) is 3.54. The first-order valence-corrected chi connectivity index (χ1v) is 8.13. The highest BCUT2D eigenvalue weighted by molar-refractivity contribution is 9.10. The molecule has 0 aliphatic heterocycles. The van der Waals surface area contributed by atoms with Crippen molar-refractivity contribution in [2.75, 3.05) is 11.8 Å². The van der Waals surface area contributed by atoms with Gasteiger partial charge in [0.25, 0.3) is 10.0 Å². The summed E-state index contributed by atoms with van der Waals surface area (Å²) in [6, 6.07) is 12.0. The maximum absolute atomic E-state index is 12.4. The van der Waals surface area contributed by atoms with Crippen molar-refractivity contribution < 1.29 is 13.2 Å². The van der Waals surface area contributed by atoms with Crippen LogP contribution in [0.15, 0.2) is 51.8 Å². The van der Waals surface area contributed by atoms with E-state index in [4.69, 9.17) is 4.74 Å². The molecule has 20 heavy (non-hydrogen) atoms. The standard InChI is InChI=1S/C14H14BrNO3S/c1-10-4-3-5-12(8-10)16-20(17,18)14-9-11(15)6-7-13(14)19-2/h3-9,16H,1-2H3. The molecular weight excluding hydrogens is 342 g/mol. The highest BCUT2D eigenvalue weighted by atomic mass is 79.9. The van der Waals surface area contributed by atoms with Crippen LogP contribution in [0.4, 0.5) is 5.69 Å². The van der Waals surface area contributed by atoms with Gasteiger partial charge in [0.15, 0.2) is 0 Å². The van der Waals surface area contributed by atoms with Crippen LogP contribution in [-0.2, 0) is 10.0 Å². The fourth-order valence-electron chi connectivity index (χ4n) is 1.78. The first-order valence-electron chi connectivity index (χ1n) is 5.85. The van der Waals surface area contributed by atoms with Crippen LogP contribution in [0, 0.1) is 6.92 Å². The fraction of sp³-hybridized carbons (Fsp3) is 0.143. The van der Waals surface area contributed by atoms with Gasteiger partial charge in [-0.2, -0.15) is 0 Å². The molecule has 0 amide bonds. The minimum absolute atomic E-state index is 0.0934. The van der Waals surface area contributed by atoms with Gasteiger partial charge in [-0.3, -0.25) is 4.72 Å². The summed E-state index contributed by atoms with van der Waals surface area (Å²) in [5.74, 6) is 0.299. The SMILES string of the molecule is COc1ccc(Br)cc1S(=O)(=O)Nc1cccc(C)c1. The normalized spacial score (nSPS) is 11.2. The lowest BCUT2D eigenvalue weighted by atomic mass is 10.2. The number of aryl methyl sites for hydroxylation is 1. The van der Waals surface area contributed by atoms with Gasteiger partial charge in [-0.05, 0) is 42.8 Å². The lowest BCUT2D eigenvalue weighted by Gasteiger charge is -2.12. The number of sulfonamides is 1. The van der Waals surface area contributed by atoms with Crippen LogP contribution in [0.2, 0.25) is 0 Å². The number of anilines is 1. The molecule has 4 nitrogen and oxygen atoms in total. The van der Waals surface area contributed by atoms with E-state index in [-0.39, 0.29) is 4.90 Å². The van der Waals surface area contributed by atoms with Crippen LogP contribution in [0.3, 0.4) is 0 Å². The van der Waals surface area contributed by atoms with Gasteiger partial charge in [0.05, 0.1) is 7.11 Å². The number of hydrogen-bond acceptors (Lipinski definition) is 3. The summed E-state index contributed by atoms with van der Waals surface area (Å²) >= 11 is 3.27. The minimum atomic E-state index is -3.70. The van der Waals surface area contributed by atoms with Crippen LogP contribution >= 0.6 is 15.9 Å². The van der Waals surface area contributed by atoms with Gasteiger partial charge < -0.3 is 4.74 Å². The van der Waals surface area contributed by atoms with Crippen LogP contribution in [-0.4, -0.2) is 15.5 Å². The summed E-state index contributed by atoms with van der Waals surface area (Å²) < 4.78 is 33.2.